The Morgan fingerprint density at radius 3 is 2.36 bits per heavy atom. The van der Waals surface area contributed by atoms with E-state index in [2.05, 4.69) is 5.10 Å². The third-order valence-electron chi connectivity index (χ3n) is 5.67. The van der Waals surface area contributed by atoms with Crippen molar-refractivity contribution in [2.24, 2.45) is 0 Å². The molecule has 0 unspecified atom stereocenters. The minimum Gasteiger partial charge on any atom is -0.332 e. The van der Waals surface area contributed by atoms with Crippen LogP contribution in [0.4, 0.5) is 10.1 Å². The van der Waals surface area contributed by atoms with Crippen LogP contribution in [0.1, 0.15) is 16.1 Å². The fourth-order valence-corrected chi connectivity index (χ4v) is 3.77. The number of nitro benzene ring substituents is 1. The van der Waals surface area contributed by atoms with Crippen molar-refractivity contribution in [1.82, 2.24) is 19.6 Å². The summed E-state index contributed by atoms with van der Waals surface area (Å²) in [6.45, 7) is 1.50. The molecule has 0 atom stereocenters. The highest BCUT2D eigenvalue weighted by Crippen LogP contribution is 2.25. The molecule has 0 bridgehead atoms. The number of hydrogen-bond donors (Lipinski definition) is 0. The largest absolute Gasteiger partial charge is 0.332 e. The molecule has 1 aromatic heterocycles. The van der Waals surface area contributed by atoms with Crippen LogP contribution in [0, 0.1) is 15.9 Å². The summed E-state index contributed by atoms with van der Waals surface area (Å²) in [5.74, 6) is -0.654. The van der Waals surface area contributed by atoms with Gasteiger partial charge in [-0.15, -0.1) is 0 Å². The number of amides is 1. The van der Waals surface area contributed by atoms with Crippen LogP contribution < -0.4 is 0 Å². The third-order valence-corrected chi connectivity index (χ3v) is 5.67. The van der Waals surface area contributed by atoms with Crippen molar-refractivity contribution in [3.05, 3.63) is 112 Å². The molecule has 0 aliphatic heterocycles. The Kier molecular flexibility index (Phi) is 7.50. The van der Waals surface area contributed by atoms with E-state index in [0.29, 0.717) is 36.6 Å². The van der Waals surface area contributed by atoms with Crippen molar-refractivity contribution in [3.8, 4) is 16.9 Å². The second kappa shape index (κ2) is 10.9. The molecule has 9 heteroatoms. The highest BCUT2D eigenvalue weighted by molar-refractivity contribution is 5.94. The van der Waals surface area contributed by atoms with Crippen LogP contribution >= 0.6 is 0 Å². The van der Waals surface area contributed by atoms with Crippen molar-refractivity contribution in [2.75, 3.05) is 27.2 Å². The van der Waals surface area contributed by atoms with Gasteiger partial charge in [0.15, 0.2) is 0 Å². The molecule has 0 saturated heterocycles. The van der Waals surface area contributed by atoms with Gasteiger partial charge < -0.3 is 9.80 Å². The van der Waals surface area contributed by atoms with Gasteiger partial charge in [-0.25, -0.2) is 9.07 Å². The average molecular weight is 488 g/mol. The monoisotopic (exact) mass is 487 g/mol. The number of carbonyl (C=O) groups excluding carboxylic acids is 1. The molecule has 36 heavy (non-hydrogen) atoms. The summed E-state index contributed by atoms with van der Waals surface area (Å²) in [7, 11) is 3.87. The van der Waals surface area contributed by atoms with E-state index < -0.39 is 4.92 Å². The normalized spacial score (nSPS) is 11.0. The lowest BCUT2D eigenvalue weighted by molar-refractivity contribution is -0.384. The first-order chi connectivity index (χ1) is 17.3. The number of rotatable bonds is 9. The number of aromatic nitrogens is 2. The zero-order valence-electron chi connectivity index (χ0n) is 20.0. The van der Waals surface area contributed by atoms with Crippen molar-refractivity contribution in [1.29, 1.82) is 0 Å². The number of non-ortho nitro benzene ring substituents is 1. The summed E-state index contributed by atoms with van der Waals surface area (Å²) in [6.07, 6.45) is 0. The number of carbonyl (C=O) groups is 1. The molecule has 0 aliphatic rings. The molecule has 0 spiro atoms. The number of halogens is 1. The van der Waals surface area contributed by atoms with Gasteiger partial charge in [-0.05, 0) is 56.1 Å². The zero-order chi connectivity index (χ0) is 25.7. The lowest BCUT2D eigenvalue weighted by Crippen LogP contribution is -2.37. The zero-order valence-corrected chi connectivity index (χ0v) is 20.0. The molecule has 184 valence electrons. The molecular formula is C27H26FN5O3. The predicted octanol–water partition coefficient (Wildman–Crippen LogP) is 4.79. The molecule has 4 aromatic rings. The predicted molar refractivity (Wildman–Crippen MR) is 135 cm³/mol. The molecular weight excluding hydrogens is 461 g/mol. The topological polar surface area (TPSA) is 84.5 Å². The summed E-state index contributed by atoms with van der Waals surface area (Å²) < 4.78 is 14.9. The van der Waals surface area contributed by atoms with E-state index in [1.54, 1.807) is 35.2 Å². The van der Waals surface area contributed by atoms with Crippen LogP contribution in [0.5, 0.6) is 0 Å². The van der Waals surface area contributed by atoms with Gasteiger partial charge in [-0.2, -0.15) is 5.10 Å². The van der Waals surface area contributed by atoms with Gasteiger partial charge in [-0.3, -0.25) is 14.9 Å². The van der Waals surface area contributed by atoms with Crippen LogP contribution in [0.2, 0.25) is 0 Å². The number of likely N-dealkylation sites (N-methyl/N-ethyl adjacent to an activating group) is 1. The quantitative estimate of drug-likeness (QED) is 0.250. The summed E-state index contributed by atoms with van der Waals surface area (Å²) >= 11 is 0. The minimum atomic E-state index is -0.492. The van der Waals surface area contributed by atoms with Gasteiger partial charge >= 0.3 is 0 Å². The molecule has 1 amide bonds. The van der Waals surface area contributed by atoms with Crippen LogP contribution in [-0.4, -0.2) is 57.6 Å². The number of nitrogens with zero attached hydrogens (tertiary/aromatic N) is 5. The summed E-state index contributed by atoms with van der Waals surface area (Å²) in [4.78, 5) is 28.5. The van der Waals surface area contributed by atoms with E-state index in [9.17, 15) is 19.3 Å². The fourth-order valence-electron chi connectivity index (χ4n) is 3.77. The summed E-state index contributed by atoms with van der Waals surface area (Å²) in [5.41, 5.74) is 2.58. The molecule has 1 heterocycles. The van der Waals surface area contributed by atoms with Crippen molar-refractivity contribution >= 4 is 11.6 Å². The smallest absolute Gasteiger partial charge is 0.272 e. The Hall–Kier alpha value is -4.37. The van der Waals surface area contributed by atoms with Crippen LogP contribution in [0.25, 0.3) is 16.9 Å². The number of hydrogen-bond acceptors (Lipinski definition) is 5. The number of nitro groups is 1. The minimum absolute atomic E-state index is 0.113. The average Bonchev–Trinajstić information content (AvgIpc) is 3.32. The summed E-state index contributed by atoms with van der Waals surface area (Å²) in [5, 5.41) is 16.0. The molecule has 3 aromatic carbocycles. The maximum absolute atomic E-state index is 13.9. The second-order valence-corrected chi connectivity index (χ2v) is 8.63. The highest BCUT2D eigenvalue weighted by atomic mass is 19.1. The van der Waals surface area contributed by atoms with Gasteiger partial charge in [0.25, 0.3) is 11.6 Å². The Labute approximate surface area is 208 Å². The van der Waals surface area contributed by atoms with Crippen molar-refractivity contribution < 1.29 is 14.1 Å². The highest BCUT2D eigenvalue weighted by Gasteiger charge is 2.24. The van der Waals surface area contributed by atoms with Gasteiger partial charge in [0.1, 0.15) is 11.5 Å². The van der Waals surface area contributed by atoms with Gasteiger partial charge in [0, 0.05) is 37.3 Å². The lowest BCUT2D eigenvalue weighted by Gasteiger charge is -2.25. The van der Waals surface area contributed by atoms with E-state index >= 15 is 0 Å². The molecule has 0 aliphatic carbocycles. The Balaban J connectivity index is 1.79. The Bertz CT molecular complexity index is 1350. The van der Waals surface area contributed by atoms with Gasteiger partial charge in [0.2, 0.25) is 0 Å². The first-order valence-electron chi connectivity index (χ1n) is 11.4. The standard InChI is InChI=1S/C27H26FN5O3/c1-30(2)15-16-31(19-20-7-4-3-5-8-20)27(34)26-18-25(21-11-13-22(28)14-12-21)29-32(26)23-9-6-10-24(17-23)33(35)36/h3-14,17-18H,15-16,19H2,1-2H3. The van der Waals surface area contributed by atoms with Crippen LogP contribution in [0.15, 0.2) is 84.9 Å². The molecule has 0 radical (unpaired) electrons. The molecule has 8 nitrogen and oxygen atoms in total. The van der Waals surface area contributed by atoms with Crippen molar-refractivity contribution in [2.45, 2.75) is 6.54 Å². The molecule has 0 N–H and O–H groups in total. The maximum atomic E-state index is 13.9. The fraction of sp³-hybridized carbons (Fsp3) is 0.185. The third kappa shape index (κ3) is 5.81. The van der Waals surface area contributed by atoms with E-state index in [1.165, 1.54) is 28.9 Å². The first kappa shape index (κ1) is 24.7. The maximum Gasteiger partial charge on any atom is 0.272 e. The van der Waals surface area contributed by atoms with Gasteiger partial charge in [0.05, 0.1) is 16.3 Å². The first-order valence-corrected chi connectivity index (χ1v) is 11.4. The Morgan fingerprint density at radius 2 is 1.69 bits per heavy atom. The van der Waals surface area contributed by atoms with Gasteiger partial charge in [-0.1, -0.05) is 36.4 Å². The molecule has 4 rings (SSSR count). The van der Waals surface area contributed by atoms with E-state index in [1.807, 2.05) is 49.3 Å². The lowest BCUT2D eigenvalue weighted by atomic mass is 10.1. The Morgan fingerprint density at radius 1 is 0.972 bits per heavy atom. The SMILES string of the molecule is CN(C)CCN(Cc1ccccc1)C(=O)c1cc(-c2ccc(F)cc2)nn1-c1cccc([N+](=O)[O-])c1. The van der Waals surface area contributed by atoms with Crippen molar-refractivity contribution in [3.63, 3.8) is 0 Å². The summed E-state index contributed by atoms with van der Waals surface area (Å²) in [6, 6.07) is 23.1. The van der Waals surface area contributed by atoms with E-state index in [0.717, 1.165) is 5.56 Å². The van der Waals surface area contributed by atoms with Crippen LogP contribution in [0.3, 0.4) is 0 Å². The number of benzene rings is 3. The van der Waals surface area contributed by atoms with E-state index in [4.69, 9.17) is 0 Å². The molecule has 0 saturated carbocycles. The second-order valence-electron chi connectivity index (χ2n) is 8.63. The molecule has 0 fully saturated rings. The van der Waals surface area contributed by atoms with E-state index in [-0.39, 0.29) is 23.1 Å². The van der Waals surface area contributed by atoms with Crippen LogP contribution in [-0.2, 0) is 6.54 Å².